The zero-order valence-corrected chi connectivity index (χ0v) is 9.64. The number of ether oxygens (including phenoxy) is 2. The molecule has 0 aliphatic rings. The SMILES string of the molecule is C=C[SiH2]OC(COCCO)OCCO. The molecule has 84 valence electrons. The molecule has 1 atom stereocenters. The van der Waals surface area contributed by atoms with Crippen LogP contribution in [0.4, 0.5) is 0 Å². The lowest BCUT2D eigenvalue weighted by molar-refractivity contribution is -0.128. The minimum Gasteiger partial charge on any atom is -0.394 e. The van der Waals surface area contributed by atoms with Crippen molar-refractivity contribution in [2.75, 3.05) is 33.0 Å². The van der Waals surface area contributed by atoms with Crippen molar-refractivity contribution in [2.24, 2.45) is 0 Å². The molecule has 14 heavy (non-hydrogen) atoms. The van der Waals surface area contributed by atoms with E-state index in [9.17, 15) is 0 Å². The van der Waals surface area contributed by atoms with Crippen molar-refractivity contribution < 1.29 is 24.1 Å². The Balaban J connectivity index is 3.54. The quantitative estimate of drug-likeness (QED) is 0.270. The Labute approximate surface area is 86.2 Å². The Morgan fingerprint density at radius 2 is 2.00 bits per heavy atom. The zero-order chi connectivity index (χ0) is 10.6. The summed E-state index contributed by atoms with van der Waals surface area (Å²) in [5.74, 6) is 0. The minimum atomic E-state index is -0.773. The maximum absolute atomic E-state index is 8.54. The van der Waals surface area contributed by atoms with Gasteiger partial charge < -0.3 is 24.1 Å². The van der Waals surface area contributed by atoms with Gasteiger partial charge in [-0.05, 0) is 0 Å². The fourth-order valence-corrected chi connectivity index (χ4v) is 1.29. The first-order valence-electron chi connectivity index (χ1n) is 4.48. The molecule has 0 heterocycles. The van der Waals surface area contributed by atoms with Gasteiger partial charge in [0.25, 0.3) is 0 Å². The van der Waals surface area contributed by atoms with Crippen molar-refractivity contribution in [3.05, 3.63) is 12.3 Å². The Kier molecular flexibility index (Phi) is 10.6. The Morgan fingerprint density at radius 3 is 2.57 bits per heavy atom. The molecule has 0 aromatic heterocycles. The van der Waals surface area contributed by atoms with Gasteiger partial charge in [-0.1, -0.05) is 5.70 Å². The predicted molar refractivity (Wildman–Crippen MR) is 54.6 cm³/mol. The van der Waals surface area contributed by atoms with E-state index in [1.54, 1.807) is 5.70 Å². The van der Waals surface area contributed by atoms with E-state index in [2.05, 4.69) is 6.58 Å². The number of hydrogen-bond acceptors (Lipinski definition) is 5. The first kappa shape index (κ1) is 13.8. The van der Waals surface area contributed by atoms with Crippen LogP contribution in [0, 0.1) is 0 Å². The van der Waals surface area contributed by atoms with E-state index in [0.29, 0.717) is 0 Å². The van der Waals surface area contributed by atoms with E-state index in [4.69, 9.17) is 24.1 Å². The second-order valence-electron chi connectivity index (χ2n) is 2.44. The summed E-state index contributed by atoms with van der Waals surface area (Å²) >= 11 is 0. The Morgan fingerprint density at radius 1 is 1.29 bits per heavy atom. The second kappa shape index (κ2) is 10.8. The molecule has 0 radical (unpaired) electrons. The van der Waals surface area contributed by atoms with Crippen LogP contribution >= 0.6 is 0 Å². The third-order valence-corrected chi connectivity index (χ3v) is 2.08. The van der Waals surface area contributed by atoms with Gasteiger partial charge in [0, 0.05) is 0 Å². The lowest BCUT2D eigenvalue weighted by Crippen LogP contribution is -2.26. The number of rotatable bonds is 10. The average Bonchev–Trinajstić information content (AvgIpc) is 2.21. The van der Waals surface area contributed by atoms with E-state index in [-0.39, 0.29) is 33.0 Å². The molecule has 0 fully saturated rings. The van der Waals surface area contributed by atoms with Gasteiger partial charge in [-0.3, -0.25) is 0 Å². The molecule has 0 aliphatic carbocycles. The summed E-state index contributed by atoms with van der Waals surface area (Å²) in [4.78, 5) is 0. The predicted octanol–water partition coefficient (Wildman–Crippen LogP) is -1.43. The summed E-state index contributed by atoms with van der Waals surface area (Å²) in [6, 6.07) is 0. The van der Waals surface area contributed by atoms with Crippen LogP contribution in [0.25, 0.3) is 0 Å². The first-order valence-corrected chi connectivity index (χ1v) is 5.88. The summed E-state index contributed by atoms with van der Waals surface area (Å²) in [6.45, 7) is 4.24. The molecule has 5 nitrogen and oxygen atoms in total. The lowest BCUT2D eigenvalue weighted by atomic mass is 10.6. The van der Waals surface area contributed by atoms with E-state index in [1.165, 1.54) is 0 Å². The highest BCUT2D eigenvalue weighted by molar-refractivity contribution is 6.34. The van der Waals surface area contributed by atoms with E-state index in [0.717, 1.165) is 0 Å². The van der Waals surface area contributed by atoms with Crippen molar-refractivity contribution in [1.29, 1.82) is 0 Å². The molecule has 0 saturated carbocycles. The van der Waals surface area contributed by atoms with Crippen LogP contribution in [0.15, 0.2) is 12.3 Å². The molecular formula is C8H18O5Si. The first-order chi connectivity index (χ1) is 6.85. The van der Waals surface area contributed by atoms with Gasteiger partial charge in [-0.15, -0.1) is 6.58 Å². The topological polar surface area (TPSA) is 68.2 Å². The largest absolute Gasteiger partial charge is 0.394 e. The van der Waals surface area contributed by atoms with Crippen LogP contribution in [0.2, 0.25) is 0 Å². The summed E-state index contributed by atoms with van der Waals surface area (Å²) in [5.41, 5.74) is 1.74. The standard InChI is InChI=1S/C8H18O5Si/c1-2-14-13-8(12-6-4-10)7-11-5-3-9/h2,8-10H,1,3-7,14H2. The van der Waals surface area contributed by atoms with Crippen molar-refractivity contribution in [3.8, 4) is 0 Å². The van der Waals surface area contributed by atoms with E-state index >= 15 is 0 Å². The molecule has 0 amide bonds. The molecule has 0 saturated heterocycles. The molecular weight excluding hydrogens is 204 g/mol. The van der Waals surface area contributed by atoms with Crippen molar-refractivity contribution in [1.82, 2.24) is 0 Å². The summed E-state index contributed by atoms with van der Waals surface area (Å²) in [7, 11) is -0.773. The van der Waals surface area contributed by atoms with Gasteiger partial charge in [-0.25, -0.2) is 0 Å². The fourth-order valence-electron chi connectivity index (χ4n) is 0.748. The average molecular weight is 222 g/mol. The Hall–Kier alpha value is -0.243. The molecule has 0 aliphatic heterocycles. The Bertz CT molecular complexity index is 133. The normalized spacial score (nSPS) is 13.6. The maximum Gasteiger partial charge on any atom is 0.188 e. The number of aliphatic hydroxyl groups is 2. The summed E-state index contributed by atoms with van der Waals surface area (Å²) < 4.78 is 15.5. The molecule has 0 aromatic carbocycles. The van der Waals surface area contributed by atoms with Crippen LogP contribution < -0.4 is 0 Å². The third-order valence-electron chi connectivity index (χ3n) is 1.28. The molecule has 2 N–H and O–H groups in total. The van der Waals surface area contributed by atoms with E-state index < -0.39 is 16.1 Å². The van der Waals surface area contributed by atoms with Gasteiger partial charge in [-0.2, -0.15) is 0 Å². The molecule has 0 spiro atoms. The monoisotopic (exact) mass is 222 g/mol. The molecule has 1 unspecified atom stereocenters. The van der Waals surface area contributed by atoms with Gasteiger partial charge in [0.15, 0.2) is 16.1 Å². The van der Waals surface area contributed by atoms with Crippen LogP contribution in [0.1, 0.15) is 0 Å². The molecule has 0 aromatic rings. The van der Waals surface area contributed by atoms with Gasteiger partial charge in [0.2, 0.25) is 0 Å². The molecule has 0 rings (SSSR count). The van der Waals surface area contributed by atoms with Crippen molar-refractivity contribution in [3.63, 3.8) is 0 Å². The van der Waals surface area contributed by atoms with Crippen molar-refractivity contribution >= 4 is 9.76 Å². The van der Waals surface area contributed by atoms with Crippen LogP contribution in [-0.2, 0) is 13.9 Å². The molecule has 6 heteroatoms. The number of aliphatic hydroxyl groups excluding tert-OH is 2. The summed E-state index contributed by atoms with van der Waals surface area (Å²) in [5, 5.41) is 17.0. The highest BCUT2D eigenvalue weighted by atomic mass is 28.2. The summed E-state index contributed by atoms with van der Waals surface area (Å²) in [6.07, 6.45) is -0.460. The highest BCUT2D eigenvalue weighted by Crippen LogP contribution is 1.95. The highest BCUT2D eigenvalue weighted by Gasteiger charge is 2.07. The number of hydrogen-bond donors (Lipinski definition) is 2. The smallest absolute Gasteiger partial charge is 0.188 e. The van der Waals surface area contributed by atoms with Crippen LogP contribution in [0.3, 0.4) is 0 Å². The fraction of sp³-hybridized carbons (Fsp3) is 0.750. The van der Waals surface area contributed by atoms with Gasteiger partial charge in [0.1, 0.15) is 0 Å². The lowest BCUT2D eigenvalue weighted by Gasteiger charge is -2.17. The zero-order valence-electron chi connectivity index (χ0n) is 8.22. The maximum atomic E-state index is 8.54. The third kappa shape index (κ3) is 8.36. The van der Waals surface area contributed by atoms with Crippen LogP contribution in [-0.4, -0.2) is 59.3 Å². The van der Waals surface area contributed by atoms with E-state index in [1.807, 2.05) is 0 Å². The second-order valence-corrected chi connectivity index (χ2v) is 3.69. The van der Waals surface area contributed by atoms with Gasteiger partial charge in [0.05, 0.1) is 33.0 Å². The van der Waals surface area contributed by atoms with Crippen LogP contribution in [0.5, 0.6) is 0 Å². The minimum absolute atomic E-state index is 0.0222. The van der Waals surface area contributed by atoms with Crippen molar-refractivity contribution in [2.45, 2.75) is 6.29 Å². The molecule has 0 bridgehead atoms. The van der Waals surface area contributed by atoms with Gasteiger partial charge >= 0.3 is 0 Å².